The van der Waals surface area contributed by atoms with Crippen molar-refractivity contribution in [1.29, 1.82) is 0 Å². The molecule has 1 aromatic carbocycles. The lowest BCUT2D eigenvalue weighted by Gasteiger charge is -2.24. The Morgan fingerprint density at radius 1 is 1.41 bits per heavy atom. The SMILES string of the molecule is CN=C(NCC1CNNC1C)N(C)Cc1ccc(Cl)cc1.I. The van der Waals surface area contributed by atoms with Crippen molar-refractivity contribution in [3.8, 4) is 0 Å². The largest absolute Gasteiger partial charge is 0.356 e. The molecular formula is C15H25ClIN5. The van der Waals surface area contributed by atoms with E-state index in [4.69, 9.17) is 11.6 Å². The van der Waals surface area contributed by atoms with Crippen molar-refractivity contribution in [2.75, 3.05) is 27.2 Å². The Balaban J connectivity index is 0.00000242. The summed E-state index contributed by atoms with van der Waals surface area (Å²) in [4.78, 5) is 6.47. The van der Waals surface area contributed by atoms with Crippen LogP contribution in [0, 0.1) is 5.92 Å². The van der Waals surface area contributed by atoms with Gasteiger partial charge in [0.1, 0.15) is 0 Å². The summed E-state index contributed by atoms with van der Waals surface area (Å²) >= 11 is 5.91. The summed E-state index contributed by atoms with van der Waals surface area (Å²) in [5.41, 5.74) is 7.62. The fourth-order valence-corrected chi connectivity index (χ4v) is 2.57. The van der Waals surface area contributed by atoms with E-state index in [0.29, 0.717) is 12.0 Å². The summed E-state index contributed by atoms with van der Waals surface area (Å²) in [7, 11) is 3.85. The van der Waals surface area contributed by atoms with E-state index in [1.807, 2.05) is 38.4 Å². The summed E-state index contributed by atoms with van der Waals surface area (Å²) in [6.45, 7) is 4.87. The van der Waals surface area contributed by atoms with Crippen LogP contribution in [0.5, 0.6) is 0 Å². The second kappa shape index (κ2) is 9.54. The Morgan fingerprint density at radius 2 is 2.09 bits per heavy atom. The van der Waals surface area contributed by atoms with E-state index in [2.05, 4.69) is 33.0 Å². The van der Waals surface area contributed by atoms with Gasteiger partial charge in [0, 0.05) is 50.7 Å². The minimum absolute atomic E-state index is 0. The molecule has 3 N–H and O–H groups in total. The Kier molecular flexibility index (Phi) is 8.45. The van der Waals surface area contributed by atoms with Gasteiger partial charge in [0.25, 0.3) is 0 Å². The fourth-order valence-electron chi connectivity index (χ4n) is 2.44. The lowest BCUT2D eigenvalue weighted by molar-refractivity contribution is 0.444. The van der Waals surface area contributed by atoms with Crippen LogP contribution < -0.4 is 16.2 Å². The van der Waals surface area contributed by atoms with E-state index in [1.54, 1.807) is 0 Å². The number of rotatable bonds is 4. The Bertz CT molecular complexity index is 479. The molecule has 0 radical (unpaired) electrons. The zero-order chi connectivity index (χ0) is 15.2. The predicted octanol–water partition coefficient (Wildman–Crippen LogP) is 2.08. The molecule has 22 heavy (non-hydrogen) atoms. The molecule has 1 aliphatic heterocycles. The van der Waals surface area contributed by atoms with Crippen LogP contribution in [-0.2, 0) is 6.54 Å². The number of nitrogens with one attached hydrogen (secondary N) is 3. The second-order valence-electron chi connectivity index (χ2n) is 5.48. The first-order chi connectivity index (χ1) is 10.1. The van der Waals surface area contributed by atoms with Gasteiger partial charge in [0.15, 0.2) is 5.96 Å². The number of hydrogen-bond donors (Lipinski definition) is 3. The molecule has 0 saturated carbocycles. The van der Waals surface area contributed by atoms with Crippen molar-refractivity contribution in [3.63, 3.8) is 0 Å². The highest BCUT2D eigenvalue weighted by atomic mass is 127. The van der Waals surface area contributed by atoms with E-state index in [9.17, 15) is 0 Å². The molecular weight excluding hydrogens is 413 g/mol. The highest BCUT2D eigenvalue weighted by Gasteiger charge is 2.22. The number of halogens is 2. The van der Waals surface area contributed by atoms with Crippen LogP contribution in [0.15, 0.2) is 29.3 Å². The summed E-state index contributed by atoms with van der Waals surface area (Å²) in [6.07, 6.45) is 0. The topological polar surface area (TPSA) is 51.7 Å². The quantitative estimate of drug-likeness (QED) is 0.383. The minimum atomic E-state index is 0. The second-order valence-corrected chi connectivity index (χ2v) is 5.92. The third-order valence-electron chi connectivity index (χ3n) is 3.83. The number of aliphatic imine (C=N–C) groups is 1. The fraction of sp³-hybridized carbons (Fsp3) is 0.533. The monoisotopic (exact) mass is 437 g/mol. The zero-order valence-corrected chi connectivity index (χ0v) is 16.4. The molecule has 1 aromatic rings. The molecule has 0 bridgehead atoms. The van der Waals surface area contributed by atoms with E-state index < -0.39 is 0 Å². The molecule has 1 aliphatic rings. The summed E-state index contributed by atoms with van der Waals surface area (Å²) in [5, 5.41) is 4.21. The Morgan fingerprint density at radius 3 is 2.64 bits per heavy atom. The van der Waals surface area contributed by atoms with Crippen LogP contribution in [-0.4, -0.2) is 44.1 Å². The number of hydrazine groups is 1. The van der Waals surface area contributed by atoms with Crippen molar-refractivity contribution in [3.05, 3.63) is 34.9 Å². The van der Waals surface area contributed by atoms with Gasteiger partial charge in [-0.15, -0.1) is 24.0 Å². The maximum Gasteiger partial charge on any atom is 0.193 e. The van der Waals surface area contributed by atoms with Crippen LogP contribution in [0.1, 0.15) is 12.5 Å². The minimum Gasteiger partial charge on any atom is -0.356 e. The van der Waals surface area contributed by atoms with Crippen molar-refractivity contribution >= 4 is 41.5 Å². The van der Waals surface area contributed by atoms with Crippen LogP contribution in [0.4, 0.5) is 0 Å². The average molecular weight is 438 g/mol. The summed E-state index contributed by atoms with van der Waals surface area (Å²) < 4.78 is 0. The van der Waals surface area contributed by atoms with E-state index >= 15 is 0 Å². The maximum atomic E-state index is 5.91. The molecule has 1 saturated heterocycles. The van der Waals surface area contributed by atoms with Gasteiger partial charge < -0.3 is 10.2 Å². The lowest BCUT2D eigenvalue weighted by atomic mass is 10.0. The molecule has 2 atom stereocenters. The van der Waals surface area contributed by atoms with Crippen molar-refractivity contribution in [2.24, 2.45) is 10.9 Å². The first-order valence-corrected chi connectivity index (χ1v) is 7.62. The summed E-state index contributed by atoms with van der Waals surface area (Å²) in [6, 6.07) is 8.38. The van der Waals surface area contributed by atoms with Crippen LogP contribution >= 0.6 is 35.6 Å². The van der Waals surface area contributed by atoms with Gasteiger partial charge in [-0.1, -0.05) is 23.7 Å². The zero-order valence-electron chi connectivity index (χ0n) is 13.3. The molecule has 2 rings (SSSR count). The predicted molar refractivity (Wildman–Crippen MR) is 104 cm³/mol. The molecule has 0 amide bonds. The maximum absolute atomic E-state index is 5.91. The van der Waals surface area contributed by atoms with Crippen molar-refractivity contribution in [1.82, 2.24) is 21.1 Å². The molecule has 7 heteroatoms. The Hall–Kier alpha value is -0.570. The summed E-state index contributed by atoms with van der Waals surface area (Å²) in [5.74, 6) is 1.47. The number of benzene rings is 1. The number of guanidine groups is 1. The van der Waals surface area contributed by atoms with E-state index in [1.165, 1.54) is 5.56 Å². The van der Waals surface area contributed by atoms with Crippen molar-refractivity contribution < 1.29 is 0 Å². The standard InChI is InChI=1S/C15H24ClN5.HI/c1-11-13(9-19-20-11)8-18-15(17-2)21(3)10-12-4-6-14(16)7-5-12;/h4-7,11,13,19-20H,8-10H2,1-3H3,(H,17,18);1H. The number of nitrogens with zero attached hydrogens (tertiary/aromatic N) is 2. The van der Waals surface area contributed by atoms with Gasteiger partial charge in [0.05, 0.1) is 0 Å². The van der Waals surface area contributed by atoms with Gasteiger partial charge >= 0.3 is 0 Å². The van der Waals surface area contributed by atoms with Gasteiger partial charge in [-0.2, -0.15) is 0 Å². The number of hydrogen-bond acceptors (Lipinski definition) is 3. The molecule has 1 heterocycles. The molecule has 0 aliphatic carbocycles. The molecule has 0 aromatic heterocycles. The van der Waals surface area contributed by atoms with Crippen LogP contribution in [0.2, 0.25) is 5.02 Å². The first kappa shape index (κ1) is 19.5. The molecule has 0 spiro atoms. The first-order valence-electron chi connectivity index (χ1n) is 7.24. The average Bonchev–Trinajstić information content (AvgIpc) is 2.88. The van der Waals surface area contributed by atoms with Gasteiger partial charge in [-0.05, 0) is 24.6 Å². The van der Waals surface area contributed by atoms with Gasteiger partial charge in [-0.3, -0.25) is 15.8 Å². The highest BCUT2D eigenvalue weighted by Crippen LogP contribution is 2.11. The van der Waals surface area contributed by atoms with Gasteiger partial charge in [-0.25, -0.2) is 0 Å². The normalized spacial score (nSPS) is 21.4. The van der Waals surface area contributed by atoms with Gasteiger partial charge in [0.2, 0.25) is 0 Å². The Labute approximate surface area is 154 Å². The van der Waals surface area contributed by atoms with Crippen LogP contribution in [0.25, 0.3) is 0 Å². The lowest BCUT2D eigenvalue weighted by Crippen LogP contribution is -2.42. The third-order valence-corrected chi connectivity index (χ3v) is 4.08. The molecule has 2 unspecified atom stereocenters. The van der Waals surface area contributed by atoms with E-state index in [0.717, 1.165) is 30.6 Å². The van der Waals surface area contributed by atoms with E-state index in [-0.39, 0.29) is 24.0 Å². The smallest absolute Gasteiger partial charge is 0.193 e. The van der Waals surface area contributed by atoms with Crippen LogP contribution in [0.3, 0.4) is 0 Å². The third kappa shape index (κ3) is 5.57. The molecule has 1 fully saturated rings. The molecule has 5 nitrogen and oxygen atoms in total. The highest BCUT2D eigenvalue weighted by molar-refractivity contribution is 14.0. The van der Waals surface area contributed by atoms with Crippen molar-refractivity contribution in [2.45, 2.75) is 19.5 Å². The molecule has 124 valence electrons.